The van der Waals surface area contributed by atoms with Gasteiger partial charge in [0.05, 0.1) is 18.9 Å². The zero-order valence-corrected chi connectivity index (χ0v) is 11.5. The van der Waals surface area contributed by atoms with Crippen LogP contribution in [0.3, 0.4) is 0 Å². The van der Waals surface area contributed by atoms with Gasteiger partial charge in [0.25, 0.3) is 0 Å². The number of carbonyl (C=O) groups excluding carboxylic acids is 2. The van der Waals surface area contributed by atoms with Crippen molar-refractivity contribution in [2.75, 3.05) is 13.2 Å². The molecule has 5 heteroatoms. The topological polar surface area (TPSA) is 68.4 Å². The standard InChI is InChI=1S/C14H19NO4/c1-4-18-13(17)7-6-11-10(3)14(19-5-2)15-12(11)8-9-16/h8,15H,4-7H2,1-3H3. The van der Waals surface area contributed by atoms with E-state index < -0.39 is 0 Å². The molecular weight excluding hydrogens is 246 g/mol. The Bertz CT molecular complexity index is 484. The normalized spacial score (nSPS) is 9.84. The van der Waals surface area contributed by atoms with Gasteiger partial charge in [0.1, 0.15) is 5.94 Å². The summed E-state index contributed by atoms with van der Waals surface area (Å²) in [6, 6.07) is 0. The Morgan fingerprint density at radius 1 is 1.37 bits per heavy atom. The summed E-state index contributed by atoms with van der Waals surface area (Å²) in [6.07, 6.45) is 2.09. The summed E-state index contributed by atoms with van der Waals surface area (Å²) < 4.78 is 10.3. The minimum absolute atomic E-state index is 0.248. The predicted octanol–water partition coefficient (Wildman–Crippen LogP) is 2.06. The van der Waals surface area contributed by atoms with E-state index in [0.29, 0.717) is 31.2 Å². The second-order valence-corrected chi connectivity index (χ2v) is 3.97. The molecule has 0 fully saturated rings. The van der Waals surface area contributed by atoms with Crippen LogP contribution in [0, 0.1) is 6.92 Å². The maximum atomic E-state index is 11.4. The highest BCUT2D eigenvalue weighted by molar-refractivity contribution is 5.76. The first-order chi connectivity index (χ1) is 9.13. The van der Waals surface area contributed by atoms with Gasteiger partial charge in [-0.25, -0.2) is 4.79 Å². The number of hydrogen-bond donors (Lipinski definition) is 1. The molecule has 0 unspecified atom stereocenters. The molecule has 1 aromatic rings. The molecule has 0 saturated carbocycles. The van der Waals surface area contributed by atoms with Gasteiger partial charge in [0, 0.05) is 18.1 Å². The van der Waals surface area contributed by atoms with Gasteiger partial charge in [-0.05, 0) is 32.8 Å². The highest BCUT2D eigenvalue weighted by atomic mass is 16.5. The summed E-state index contributed by atoms with van der Waals surface area (Å²) in [7, 11) is 0. The molecule has 1 aromatic heterocycles. The second-order valence-electron chi connectivity index (χ2n) is 3.97. The van der Waals surface area contributed by atoms with E-state index in [9.17, 15) is 9.59 Å². The third-order valence-corrected chi connectivity index (χ3v) is 2.74. The lowest BCUT2D eigenvalue weighted by atomic mass is 10.1. The van der Waals surface area contributed by atoms with Gasteiger partial charge in [0.2, 0.25) is 0 Å². The van der Waals surface area contributed by atoms with Gasteiger partial charge in [0.15, 0.2) is 5.88 Å². The maximum absolute atomic E-state index is 11.4. The first-order valence-electron chi connectivity index (χ1n) is 6.34. The highest BCUT2D eigenvalue weighted by Crippen LogP contribution is 2.26. The van der Waals surface area contributed by atoms with Crippen molar-refractivity contribution in [1.29, 1.82) is 0 Å². The molecule has 0 aliphatic rings. The zero-order valence-electron chi connectivity index (χ0n) is 11.5. The first-order valence-corrected chi connectivity index (χ1v) is 6.34. The molecule has 5 nitrogen and oxygen atoms in total. The SMILES string of the molecule is CCOC(=O)CCc1c(C=C=O)[nH]c(OCC)c1C. The van der Waals surface area contributed by atoms with Crippen molar-refractivity contribution in [2.45, 2.75) is 33.6 Å². The van der Waals surface area contributed by atoms with E-state index in [4.69, 9.17) is 9.47 Å². The average Bonchev–Trinajstić information content (AvgIpc) is 2.65. The van der Waals surface area contributed by atoms with Crippen LogP contribution < -0.4 is 4.74 Å². The third-order valence-electron chi connectivity index (χ3n) is 2.74. The molecule has 104 valence electrons. The largest absolute Gasteiger partial charge is 0.479 e. The van der Waals surface area contributed by atoms with Crippen LogP contribution in [-0.2, 0) is 20.7 Å². The summed E-state index contributed by atoms with van der Waals surface area (Å²) >= 11 is 0. The van der Waals surface area contributed by atoms with Crippen molar-refractivity contribution in [2.24, 2.45) is 0 Å². The van der Waals surface area contributed by atoms with Crippen molar-refractivity contribution in [1.82, 2.24) is 4.98 Å². The maximum Gasteiger partial charge on any atom is 0.306 e. The van der Waals surface area contributed by atoms with Crippen LogP contribution in [-0.4, -0.2) is 30.1 Å². The van der Waals surface area contributed by atoms with E-state index in [0.717, 1.165) is 11.1 Å². The van der Waals surface area contributed by atoms with Gasteiger partial charge in [-0.3, -0.25) is 4.79 Å². The lowest BCUT2D eigenvalue weighted by molar-refractivity contribution is -0.143. The molecular formula is C14H19NO4. The molecule has 0 spiro atoms. The Labute approximate surface area is 112 Å². The quantitative estimate of drug-likeness (QED) is 0.605. The number of ether oxygens (including phenoxy) is 2. The molecule has 0 aliphatic heterocycles. The van der Waals surface area contributed by atoms with Crippen molar-refractivity contribution in [3.8, 4) is 5.88 Å². The van der Waals surface area contributed by atoms with Gasteiger partial charge in [-0.15, -0.1) is 0 Å². The molecule has 1 heterocycles. The molecule has 0 aliphatic carbocycles. The van der Waals surface area contributed by atoms with Gasteiger partial charge < -0.3 is 14.5 Å². The fourth-order valence-corrected chi connectivity index (χ4v) is 1.88. The van der Waals surface area contributed by atoms with E-state index in [1.165, 1.54) is 6.08 Å². The summed E-state index contributed by atoms with van der Waals surface area (Å²) in [4.78, 5) is 24.9. The van der Waals surface area contributed by atoms with E-state index in [1.807, 2.05) is 13.8 Å². The van der Waals surface area contributed by atoms with E-state index in [2.05, 4.69) is 4.98 Å². The van der Waals surface area contributed by atoms with Crippen molar-refractivity contribution in [3.63, 3.8) is 0 Å². The Balaban J connectivity index is 2.90. The van der Waals surface area contributed by atoms with E-state index >= 15 is 0 Å². The van der Waals surface area contributed by atoms with Crippen molar-refractivity contribution >= 4 is 18.0 Å². The van der Waals surface area contributed by atoms with Gasteiger partial charge in [-0.1, -0.05) is 0 Å². The van der Waals surface area contributed by atoms with E-state index in [1.54, 1.807) is 12.9 Å². The predicted molar refractivity (Wildman–Crippen MR) is 71.8 cm³/mol. The van der Waals surface area contributed by atoms with E-state index in [-0.39, 0.29) is 12.4 Å². The third kappa shape index (κ3) is 4.00. The highest BCUT2D eigenvalue weighted by Gasteiger charge is 2.15. The number of H-pyrrole nitrogens is 1. The van der Waals surface area contributed by atoms with Gasteiger partial charge in [-0.2, -0.15) is 0 Å². The number of carbonyl (C=O) groups is 1. The smallest absolute Gasteiger partial charge is 0.306 e. The minimum Gasteiger partial charge on any atom is -0.479 e. The number of nitrogens with one attached hydrogen (secondary N) is 1. The summed E-state index contributed by atoms with van der Waals surface area (Å²) in [5, 5.41) is 0. The van der Waals surface area contributed by atoms with Crippen molar-refractivity contribution in [3.05, 3.63) is 16.8 Å². The second kappa shape index (κ2) is 7.44. The molecule has 0 radical (unpaired) electrons. The molecule has 0 bridgehead atoms. The molecule has 1 N–H and O–H groups in total. The van der Waals surface area contributed by atoms with Crippen LogP contribution in [0.25, 0.3) is 6.08 Å². The Kier molecular flexibility index (Phi) is 5.90. The lowest BCUT2D eigenvalue weighted by Gasteiger charge is -2.03. The van der Waals surface area contributed by atoms with Crippen LogP contribution >= 0.6 is 0 Å². The monoisotopic (exact) mass is 265 g/mol. The molecule has 0 atom stereocenters. The fraction of sp³-hybridized carbons (Fsp3) is 0.500. The summed E-state index contributed by atoms with van der Waals surface area (Å²) in [6.45, 7) is 6.45. The molecule has 0 amide bonds. The van der Waals surface area contributed by atoms with Crippen LogP contribution in [0.4, 0.5) is 0 Å². The first kappa shape index (κ1) is 15.1. The average molecular weight is 265 g/mol. The Morgan fingerprint density at radius 3 is 2.68 bits per heavy atom. The fourth-order valence-electron chi connectivity index (χ4n) is 1.88. The number of aromatic amines is 1. The Morgan fingerprint density at radius 2 is 2.11 bits per heavy atom. The van der Waals surface area contributed by atoms with Crippen LogP contribution in [0.15, 0.2) is 0 Å². The number of hydrogen-bond acceptors (Lipinski definition) is 4. The number of esters is 1. The van der Waals surface area contributed by atoms with Crippen LogP contribution in [0.1, 0.15) is 37.1 Å². The van der Waals surface area contributed by atoms with Gasteiger partial charge >= 0.3 is 5.97 Å². The van der Waals surface area contributed by atoms with Crippen LogP contribution in [0.2, 0.25) is 0 Å². The summed E-state index contributed by atoms with van der Waals surface area (Å²) in [5.74, 6) is 2.12. The molecule has 0 aromatic carbocycles. The summed E-state index contributed by atoms with van der Waals surface area (Å²) in [5.41, 5.74) is 2.44. The Hall–Kier alpha value is -2.00. The molecule has 19 heavy (non-hydrogen) atoms. The minimum atomic E-state index is -0.248. The van der Waals surface area contributed by atoms with Crippen molar-refractivity contribution < 1.29 is 19.1 Å². The van der Waals surface area contributed by atoms with Crippen LogP contribution in [0.5, 0.6) is 5.88 Å². The lowest BCUT2D eigenvalue weighted by Crippen LogP contribution is -2.05. The number of aromatic nitrogens is 1. The molecule has 0 saturated heterocycles. The molecule has 1 rings (SSSR count). The number of rotatable bonds is 7. The zero-order chi connectivity index (χ0) is 14.3.